The fourth-order valence-corrected chi connectivity index (χ4v) is 8.27. The second-order valence-electron chi connectivity index (χ2n) is 15.5. The minimum absolute atomic E-state index is 0.0372. The molecule has 4 amide bonds. The molecule has 0 spiro atoms. The third-order valence-electron chi connectivity index (χ3n) is 11.5. The van der Waals surface area contributed by atoms with Crippen LogP contribution in [-0.4, -0.2) is 97.6 Å². The van der Waals surface area contributed by atoms with Crippen LogP contribution in [0.15, 0.2) is 121 Å². The van der Waals surface area contributed by atoms with Crippen molar-refractivity contribution in [3.05, 3.63) is 155 Å². The van der Waals surface area contributed by atoms with Crippen LogP contribution in [-0.2, 0) is 43.0 Å². The van der Waals surface area contributed by atoms with E-state index in [9.17, 15) is 38.4 Å². The number of carboxylic acid groups (broad SMARTS) is 1. The maximum absolute atomic E-state index is 12.6. The molecule has 8 rings (SSSR count). The number of hydroxylamine groups is 2. The van der Waals surface area contributed by atoms with Crippen LogP contribution in [0.5, 0.6) is 0 Å². The number of hydrogen-bond acceptors (Lipinski definition) is 13. The van der Waals surface area contributed by atoms with Crippen LogP contribution in [0.4, 0.5) is 9.59 Å². The Bertz CT molecular complexity index is 2610. The molecule has 1 heterocycles. The topological polar surface area (TPSA) is 230 Å². The normalized spacial score (nSPS) is 13.8. The zero-order valence-corrected chi connectivity index (χ0v) is 36.3. The van der Waals surface area contributed by atoms with Gasteiger partial charge in [-0.2, -0.15) is 0 Å². The zero-order valence-electron chi connectivity index (χ0n) is 36.3. The molecule has 0 aromatic heterocycles. The van der Waals surface area contributed by atoms with Crippen molar-refractivity contribution >= 4 is 47.9 Å². The molecule has 2 aliphatic carbocycles. The van der Waals surface area contributed by atoms with Crippen LogP contribution in [0, 0.1) is 0 Å². The fraction of sp³-hybridized carbons (Fsp3) is 0.240. The van der Waals surface area contributed by atoms with Crippen molar-refractivity contribution in [1.29, 1.82) is 0 Å². The van der Waals surface area contributed by atoms with Crippen LogP contribution in [0.1, 0.15) is 80.5 Å². The summed E-state index contributed by atoms with van der Waals surface area (Å²) in [5.74, 6) is -5.30. The molecule has 2 atom stereocenters. The first-order chi connectivity index (χ1) is 32.4. The van der Waals surface area contributed by atoms with Gasteiger partial charge in [-0.3, -0.25) is 14.4 Å². The van der Waals surface area contributed by atoms with E-state index in [2.05, 4.69) is 15.4 Å². The molecular formula is C50H45N3O14. The summed E-state index contributed by atoms with van der Waals surface area (Å²) in [6, 6.07) is 35.4. The van der Waals surface area contributed by atoms with E-state index in [1.165, 1.54) is 19.2 Å². The number of ether oxygens (including phenoxy) is 4. The molecule has 1 aliphatic heterocycles. The lowest BCUT2D eigenvalue weighted by Crippen LogP contribution is -2.42. The highest BCUT2D eigenvalue weighted by atomic mass is 16.7. The number of alkyl carbamates (subject to hydrolysis) is 2. The first kappa shape index (κ1) is 46.6. The highest BCUT2D eigenvalue weighted by Crippen LogP contribution is 2.45. The third kappa shape index (κ3) is 10.5. The first-order valence-electron chi connectivity index (χ1n) is 21.2. The average Bonchev–Trinajstić information content (AvgIpc) is 3.93. The van der Waals surface area contributed by atoms with Crippen molar-refractivity contribution in [3.63, 3.8) is 0 Å². The lowest BCUT2D eigenvalue weighted by atomic mass is 9.98. The fourth-order valence-electron chi connectivity index (χ4n) is 8.27. The van der Waals surface area contributed by atoms with Crippen molar-refractivity contribution in [1.82, 2.24) is 15.7 Å². The van der Waals surface area contributed by atoms with Gasteiger partial charge in [-0.25, -0.2) is 24.0 Å². The molecule has 5 aromatic carbocycles. The smallest absolute Gasteiger partial charge is 0.407 e. The number of amides is 4. The van der Waals surface area contributed by atoms with Gasteiger partial charge >= 0.3 is 36.1 Å². The van der Waals surface area contributed by atoms with E-state index < -0.39 is 66.4 Å². The van der Waals surface area contributed by atoms with E-state index in [0.717, 1.165) is 51.6 Å². The molecule has 0 fully saturated rings. The Hall–Kier alpha value is -8.34. The minimum atomic E-state index is -1.22. The molecule has 0 saturated heterocycles. The second kappa shape index (κ2) is 21.1. The summed E-state index contributed by atoms with van der Waals surface area (Å²) >= 11 is 0. The molecule has 5 aromatic rings. The van der Waals surface area contributed by atoms with Crippen molar-refractivity contribution < 1.29 is 67.2 Å². The summed E-state index contributed by atoms with van der Waals surface area (Å²) in [4.78, 5) is 102. The molecule has 67 heavy (non-hydrogen) atoms. The van der Waals surface area contributed by atoms with Gasteiger partial charge in [-0.15, -0.1) is 0 Å². The molecule has 0 unspecified atom stereocenters. The Morgan fingerprint density at radius 1 is 0.522 bits per heavy atom. The molecule has 3 aliphatic rings. The molecule has 17 heteroatoms. The number of nitrogens with zero attached hydrogens (tertiary/aromatic N) is 1. The number of carbonyl (C=O) groups excluding carboxylic acids is 7. The van der Waals surface area contributed by atoms with Gasteiger partial charge in [0.05, 0.1) is 31.8 Å². The number of carbonyl (C=O) groups is 8. The van der Waals surface area contributed by atoms with Gasteiger partial charge < -0.3 is 39.5 Å². The quantitative estimate of drug-likeness (QED) is 0.0576. The number of rotatable bonds is 15. The van der Waals surface area contributed by atoms with E-state index in [0.29, 0.717) is 5.06 Å². The standard InChI is InChI=1S/C29H24N2O8.C21H21NO6/c1-37-28(35)24(14-15-25(32)39-31-26(33)21-12-6-7-13-22(21)27(31)34)30-29(36)38-16-23-19-10-4-2-8-17(19)18-9-3-5-11-20(18)23;1-27-20(25)18(10-11-19(23)24)22-21(26)28-12-17-15-8-4-2-6-13(15)14-7-3-5-9-16(14)17/h2-13,23-24H,14-16H2,1H3,(H,30,36);2-9,17-18H,10-12H2,1H3,(H,22,26)(H,23,24)/t24-;18-/m00/s1. The number of hydrogen-bond donors (Lipinski definition) is 3. The van der Waals surface area contributed by atoms with Gasteiger partial charge in [-0.05, 0) is 69.5 Å². The van der Waals surface area contributed by atoms with Gasteiger partial charge in [0.15, 0.2) is 0 Å². The van der Waals surface area contributed by atoms with E-state index >= 15 is 0 Å². The maximum atomic E-state index is 12.6. The summed E-state index contributed by atoms with van der Waals surface area (Å²) in [5, 5.41) is 14.0. The summed E-state index contributed by atoms with van der Waals surface area (Å²) in [7, 11) is 2.32. The maximum Gasteiger partial charge on any atom is 0.407 e. The van der Waals surface area contributed by atoms with E-state index in [1.54, 1.807) is 12.1 Å². The van der Waals surface area contributed by atoms with Crippen LogP contribution in [0.3, 0.4) is 0 Å². The highest BCUT2D eigenvalue weighted by Gasteiger charge is 2.39. The zero-order chi connectivity index (χ0) is 47.6. The molecular weight excluding hydrogens is 867 g/mol. The van der Waals surface area contributed by atoms with Crippen LogP contribution in [0.25, 0.3) is 22.3 Å². The molecule has 17 nitrogen and oxygen atoms in total. The van der Waals surface area contributed by atoms with E-state index in [4.69, 9.17) is 24.2 Å². The Balaban J connectivity index is 0.000000210. The van der Waals surface area contributed by atoms with Gasteiger partial charge in [-0.1, -0.05) is 114 Å². The summed E-state index contributed by atoms with van der Waals surface area (Å²) in [6.45, 7) is 0.141. The minimum Gasteiger partial charge on any atom is -0.481 e. The number of benzene rings is 5. The largest absolute Gasteiger partial charge is 0.481 e. The summed E-state index contributed by atoms with van der Waals surface area (Å²) in [6.07, 6.45) is -2.60. The summed E-state index contributed by atoms with van der Waals surface area (Å²) in [5.41, 5.74) is 8.84. The molecule has 0 saturated carbocycles. The van der Waals surface area contributed by atoms with Gasteiger partial charge in [0.1, 0.15) is 25.3 Å². The first-order valence-corrected chi connectivity index (χ1v) is 21.2. The Morgan fingerprint density at radius 2 is 0.851 bits per heavy atom. The van der Waals surface area contributed by atoms with E-state index in [1.807, 2.05) is 97.1 Å². The molecule has 0 bridgehead atoms. The molecule has 0 radical (unpaired) electrons. The SMILES string of the molecule is COC(=O)[C@H](CCC(=O)O)NC(=O)OCC1c2ccccc2-c2ccccc21.COC(=O)[C@H](CCC(=O)ON1C(=O)c2ccccc2C1=O)NC(=O)OCC1c2ccccc2-c2ccccc21. The Labute approximate surface area is 383 Å². The van der Waals surface area contributed by atoms with Crippen LogP contribution >= 0.6 is 0 Å². The lowest BCUT2D eigenvalue weighted by molar-refractivity contribution is -0.169. The number of esters is 2. The predicted molar refractivity (Wildman–Crippen MR) is 237 cm³/mol. The van der Waals surface area contributed by atoms with Crippen LogP contribution < -0.4 is 10.6 Å². The van der Waals surface area contributed by atoms with Gasteiger partial charge in [0.25, 0.3) is 11.8 Å². The van der Waals surface area contributed by atoms with Crippen molar-refractivity contribution in [2.24, 2.45) is 0 Å². The third-order valence-corrected chi connectivity index (χ3v) is 11.5. The number of fused-ring (bicyclic) bond motifs is 7. The number of aliphatic carboxylic acids is 1. The number of imide groups is 1. The molecule has 3 N–H and O–H groups in total. The van der Waals surface area contributed by atoms with Crippen molar-refractivity contribution in [2.45, 2.75) is 49.6 Å². The van der Waals surface area contributed by atoms with Gasteiger partial charge in [0, 0.05) is 18.3 Å². The Morgan fingerprint density at radius 3 is 1.19 bits per heavy atom. The average molecular weight is 912 g/mol. The molecule has 344 valence electrons. The number of carboxylic acids is 1. The number of nitrogens with one attached hydrogen (secondary N) is 2. The van der Waals surface area contributed by atoms with Gasteiger partial charge in [0.2, 0.25) is 0 Å². The lowest BCUT2D eigenvalue weighted by Gasteiger charge is -2.19. The summed E-state index contributed by atoms with van der Waals surface area (Å²) < 4.78 is 20.2. The monoisotopic (exact) mass is 911 g/mol. The van der Waals surface area contributed by atoms with E-state index in [-0.39, 0.29) is 55.4 Å². The second-order valence-corrected chi connectivity index (χ2v) is 15.5. The Kier molecular flexibility index (Phi) is 14.7. The van der Waals surface area contributed by atoms with Crippen molar-refractivity contribution in [3.8, 4) is 22.3 Å². The highest BCUT2D eigenvalue weighted by molar-refractivity contribution is 6.20. The number of methoxy groups -OCH3 is 2. The van der Waals surface area contributed by atoms with Crippen molar-refractivity contribution in [2.75, 3.05) is 27.4 Å². The predicted octanol–water partition coefficient (Wildman–Crippen LogP) is 6.53. The van der Waals surface area contributed by atoms with Crippen LogP contribution in [0.2, 0.25) is 0 Å².